The number of hydrogen-bond acceptors (Lipinski definition) is 3. The number of nitrogens with zero attached hydrogens (tertiary/aromatic N) is 1. The molecular weight excluding hydrogens is 298 g/mol. The molecule has 0 amide bonds. The molecule has 1 aromatic carbocycles. The summed E-state index contributed by atoms with van der Waals surface area (Å²) in [7, 11) is 0. The first kappa shape index (κ1) is 16.9. The van der Waals surface area contributed by atoms with Gasteiger partial charge in [-0.1, -0.05) is 38.8 Å². The summed E-state index contributed by atoms with van der Waals surface area (Å²) in [6, 6.07) is 5.24. The van der Waals surface area contributed by atoms with Gasteiger partial charge in [-0.3, -0.25) is 14.6 Å². The molecule has 0 radical (unpaired) electrons. The molecule has 118 valence electrons. The Kier molecular flexibility index (Phi) is 5.52. The molecule has 0 saturated heterocycles. The van der Waals surface area contributed by atoms with Crippen LogP contribution in [0.1, 0.15) is 56.8 Å². The molecule has 2 atom stereocenters. The number of carbonyl (C=O) groups excluding carboxylic acids is 2. The maximum atomic E-state index is 12.2. The van der Waals surface area contributed by atoms with Crippen LogP contribution in [-0.2, 0) is 4.79 Å². The van der Waals surface area contributed by atoms with Crippen molar-refractivity contribution >= 4 is 34.6 Å². The Hall–Kier alpha value is -1.48. The van der Waals surface area contributed by atoms with Crippen LogP contribution in [0.3, 0.4) is 0 Å². The monoisotopic (exact) mass is 319 g/mol. The van der Waals surface area contributed by atoms with Gasteiger partial charge < -0.3 is 0 Å². The van der Waals surface area contributed by atoms with Crippen LogP contribution in [0, 0.1) is 11.8 Å². The molecule has 1 aliphatic rings. The molecule has 1 fully saturated rings. The Balaban J connectivity index is 2.18. The second-order valence-electron chi connectivity index (χ2n) is 6.10. The minimum atomic E-state index is -0.122. The highest BCUT2D eigenvalue weighted by Crippen LogP contribution is 2.30. The van der Waals surface area contributed by atoms with Crippen LogP contribution in [0.25, 0.3) is 0 Å². The Labute approximate surface area is 136 Å². The average Bonchev–Trinajstić information content (AvgIpc) is 2.81. The highest BCUT2D eigenvalue weighted by molar-refractivity contribution is 6.33. The van der Waals surface area contributed by atoms with Crippen LogP contribution < -0.4 is 0 Å². The fraction of sp³-hybridized carbons (Fsp3) is 0.500. The van der Waals surface area contributed by atoms with E-state index < -0.39 is 0 Å². The van der Waals surface area contributed by atoms with E-state index in [0.717, 1.165) is 12.1 Å². The summed E-state index contributed by atoms with van der Waals surface area (Å²) in [5.74, 6) is 0.592. The van der Waals surface area contributed by atoms with Crippen molar-refractivity contribution in [3.63, 3.8) is 0 Å². The number of ketones is 2. The molecule has 1 aromatic rings. The predicted molar refractivity (Wildman–Crippen MR) is 90.4 cm³/mol. The van der Waals surface area contributed by atoms with Gasteiger partial charge in [0.1, 0.15) is 5.78 Å². The Morgan fingerprint density at radius 1 is 1.41 bits per heavy atom. The molecule has 3 nitrogen and oxygen atoms in total. The number of halogens is 1. The molecule has 1 aliphatic carbocycles. The van der Waals surface area contributed by atoms with Gasteiger partial charge in [0.05, 0.1) is 16.6 Å². The van der Waals surface area contributed by atoms with Crippen LogP contribution in [0.4, 0.5) is 5.69 Å². The molecule has 4 heteroatoms. The summed E-state index contributed by atoms with van der Waals surface area (Å²) in [6.45, 7) is 6.03. The fourth-order valence-corrected chi connectivity index (χ4v) is 2.75. The number of Topliss-reactive ketones (excluding diaryl/α,β-unsaturated/α-hetero) is 2. The lowest BCUT2D eigenvalue weighted by atomic mass is 9.98. The van der Waals surface area contributed by atoms with Crippen LogP contribution in [0.15, 0.2) is 23.2 Å². The van der Waals surface area contributed by atoms with Crippen molar-refractivity contribution in [2.75, 3.05) is 0 Å². The molecule has 0 spiro atoms. The SMILES string of the molecule is CCC(C)CC(=O)c1ccc(N=C2CCC(=O)C2C)c(Cl)c1. The number of rotatable bonds is 5. The first-order valence-electron chi connectivity index (χ1n) is 7.85. The minimum Gasteiger partial charge on any atom is -0.299 e. The maximum absolute atomic E-state index is 12.2. The normalized spacial score (nSPS) is 21.4. The van der Waals surface area contributed by atoms with Crippen molar-refractivity contribution in [2.45, 2.75) is 46.5 Å². The standard InChI is InChI=1S/C18H22ClNO2/c1-4-11(2)9-18(22)13-5-6-16(14(19)10-13)20-15-7-8-17(21)12(15)3/h5-6,10-12H,4,7-9H2,1-3H3. The van der Waals surface area contributed by atoms with E-state index in [4.69, 9.17) is 11.6 Å². The van der Waals surface area contributed by atoms with E-state index in [1.165, 1.54) is 0 Å². The summed E-state index contributed by atoms with van der Waals surface area (Å²) in [4.78, 5) is 28.3. The van der Waals surface area contributed by atoms with Crippen molar-refractivity contribution in [1.29, 1.82) is 0 Å². The molecule has 2 rings (SSSR count). The summed E-state index contributed by atoms with van der Waals surface area (Å²) >= 11 is 6.26. The van der Waals surface area contributed by atoms with Gasteiger partial charge in [0, 0.05) is 24.1 Å². The smallest absolute Gasteiger partial charge is 0.163 e. The Morgan fingerprint density at radius 3 is 2.68 bits per heavy atom. The summed E-state index contributed by atoms with van der Waals surface area (Å²) in [6.07, 6.45) is 2.78. The summed E-state index contributed by atoms with van der Waals surface area (Å²) in [5.41, 5.74) is 2.15. The second kappa shape index (κ2) is 7.19. The number of aliphatic imine (C=N–C) groups is 1. The maximum Gasteiger partial charge on any atom is 0.163 e. The molecule has 2 unspecified atom stereocenters. The van der Waals surface area contributed by atoms with Crippen LogP contribution in [0.5, 0.6) is 0 Å². The lowest BCUT2D eigenvalue weighted by molar-refractivity contribution is -0.119. The van der Waals surface area contributed by atoms with E-state index >= 15 is 0 Å². The number of benzene rings is 1. The van der Waals surface area contributed by atoms with Crippen molar-refractivity contribution in [3.05, 3.63) is 28.8 Å². The zero-order chi connectivity index (χ0) is 16.3. The molecular formula is C18H22ClNO2. The van der Waals surface area contributed by atoms with E-state index in [0.29, 0.717) is 41.5 Å². The molecule has 0 bridgehead atoms. The van der Waals surface area contributed by atoms with Gasteiger partial charge in [-0.15, -0.1) is 0 Å². The second-order valence-corrected chi connectivity index (χ2v) is 6.51. The van der Waals surface area contributed by atoms with E-state index in [1.54, 1.807) is 18.2 Å². The van der Waals surface area contributed by atoms with Crippen molar-refractivity contribution in [3.8, 4) is 0 Å². The van der Waals surface area contributed by atoms with Gasteiger partial charge in [0.25, 0.3) is 0 Å². The molecule has 22 heavy (non-hydrogen) atoms. The van der Waals surface area contributed by atoms with Crippen molar-refractivity contribution in [2.24, 2.45) is 16.8 Å². The van der Waals surface area contributed by atoms with Crippen molar-refractivity contribution < 1.29 is 9.59 Å². The third-order valence-electron chi connectivity index (χ3n) is 4.37. The van der Waals surface area contributed by atoms with E-state index in [1.807, 2.05) is 6.92 Å². The van der Waals surface area contributed by atoms with Gasteiger partial charge in [0.2, 0.25) is 0 Å². The minimum absolute atomic E-state index is 0.111. The summed E-state index contributed by atoms with van der Waals surface area (Å²) in [5, 5.41) is 0.467. The van der Waals surface area contributed by atoms with Gasteiger partial charge in [-0.2, -0.15) is 0 Å². The summed E-state index contributed by atoms with van der Waals surface area (Å²) < 4.78 is 0. The predicted octanol–water partition coefficient (Wildman–Crippen LogP) is 5.03. The topological polar surface area (TPSA) is 46.5 Å². The van der Waals surface area contributed by atoms with E-state index in [-0.39, 0.29) is 17.5 Å². The molecule has 0 aromatic heterocycles. The molecule has 0 heterocycles. The highest BCUT2D eigenvalue weighted by Gasteiger charge is 2.26. The van der Waals surface area contributed by atoms with Crippen molar-refractivity contribution in [1.82, 2.24) is 0 Å². The van der Waals surface area contributed by atoms with Gasteiger partial charge in [-0.05, 0) is 30.5 Å². The zero-order valence-corrected chi connectivity index (χ0v) is 14.1. The van der Waals surface area contributed by atoms with Gasteiger partial charge in [0.15, 0.2) is 5.78 Å². The first-order valence-corrected chi connectivity index (χ1v) is 8.23. The third kappa shape index (κ3) is 3.83. The number of carbonyl (C=O) groups is 2. The first-order chi connectivity index (χ1) is 10.4. The van der Waals surface area contributed by atoms with Crippen LogP contribution >= 0.6 is 11.6 Å². The molecule has 0 aliphatic heterocycles. The van der Waals surface area contributed by atoms with Gasteiger partial charge in [-0.25, -0.2) is 0 Å². The highest BCUT2D eigenvalue weighted by atomic mass is 35.5. The van der Waals surface area contributed by atoms with E-state index in [9.17, 15) is 9.59 Å². The Morgan fingerprint density at radius 2 is 2.14 bits per heavy atom. The van der Waals surface area contributed by atoms with Gasteiger partial charge >= 0.3 is 0 Å². The van der Waals surface area contributed by atoms with E-state index in [2.05, 4.69) is 18.8 Å². The number of hydrogen-bond donors (Lipinski definition) is 0. The van der Waals surface area contributed by atoms with Crippen LogP contribution in [0.2, 0.25) is 5.02 Å². The lowest BCUT2D eigenvalue weighted by Gasteiger charge is -2.09. The molecule has 0 N–H and O–H groups in total. The Bertz CT molecular complexity index is 622. The quantitative estimate of drug-likeness (QED) is 0.714. The average molecular weight is 320 g/mol. The van der Waals surface area contributed by atoms with Crippen LogP contribution in [-0.4, -0.2) is 17.3 Å². The largest absolute Gasteiger partial charge is 0.299 e. The fourth-order valence-electron chi connectivity index (χ4n) is 2.53. The molecule has 1 saturated carbocycles. The third-order valence-corrected chi connectivity index (χ3v) is 4.68. The zero-order valence-electron chi connectivity index (χ0n) is 13.4. The lowest BCUT2D eigenvalue weighted by Crippen LogP contribution is -2.09.